The zero-order valence-electron chi connectivity index (χ0n) is 9.95. The minimum Gasteiger partial charge on any atom is -0.494 e. The van der Waals surface area contributed by atoms with Gasteiger partial charge in [-0.05, 0) is 30.9 Å². The largest absolute Gasteiger partial charge is 0.494 e. The number of benzene rings is 1. The second kappa shape index (κ2) is 5.14. The fourth-order valence-electron chi connectivity index (χ4n) is 2.24. The molecule has 1 aromatic rings. The first-order valence-corrected chi connectivity index (χ1v) is 6.16. The molecule has 0 amide bonds. The summed E-state index contributed by atoms with van der Waals surface area (Å²) in [5, 5.41) is 9.20. The highest BCUT2D eigenvalue weighted by Crippen LogP contribution is 2.48. The van der Waals surface area contributed by atoms with E-state index in [0.29, 0.717) is 0 Å². The summed E-state index contributed by atoms with van der Waals surface area (Å²) in [5.41, 5.74) is 0.279. The molecule has 5 heteroatoms. The van der Waals surface area contributed by atoms with Gasteiger partial charge in [-0.1, -0.05) is 11.6 Å². The SMILES string of the molecule is COc1ccc(Cl)c(C(CC(=O)O)C2CC2)c1F. The van der Waals surface area contributed by atoms with E-state index in [2.05, 4.69) is 0 Å². The Morgan fingerprint density at radius 3 is 2.78 bits per heavy atom. The van der Waals surface area contributed by atoms with E-state index in [1.54, 1.807) is 6.07 Å². The highest BCUT2D eigenvalue weighted by atomic mass is 35.5. The lowest BCUT2D eigenvalue weighted by Gasteiger charge is -2.18. The van der Waals surface area contributed by atoms with Gasteiger partial charge in [-0.15, -0.1) is 0 Å². The molecule has 1 aromatic carbocycles. The summed E-state index contributed by atoms with van der Waals surface area (Å²) in [4.78, 5) is 10.9. The van der Waals surface area contributed by atoms with Crippen LogP contribution in [0.2, 0.25) is 5.02 Å². The first-order valence-electron chi connectivity index (χ1n) is 5.78. The Hall–Kier alpha value is -1.29. The molecular weight excluding hydrogens is 259 g/mol. The fourth-order valence-corrected chi connectivity index (χ4v) is 2.52. The predicted molar refractivity (Wildman–Crippen MR) is 65.7 cm³/mol. The average molecular weight is 273 g/mol. The number of hydrogen-bond acceptors (Lipinski definition) is 2. The third-order valence-electron chi connectivity index (χ3n) is 3.27. The number of carbonyl (C=O) groups is 1. The van der Waals surface area contributed by atoms with Crippen molar-refractivity contribution in [2.24, 2.45) is 5.92 Å². The third kappa shape index (κ3) is 2.58. The number of carboxylic acids is 1. The molecule has 3 nitrogen and oxygen atoms in total. The molecule has 18 heavy (non-hydrogen) atoms. The summed E-state index contributed by atoms with van der Waals surface area (Å²) >= 11 is 6.02. The molecule has 0 radical (unpaired) electrons. The molecule has 1 unspecified atom stereocenters. The van der Waals surface area contributed by atoms with Crippen LogP contribution in [0.1, 0.15) is 30.7 Å². The summed E-state index contributed by atoms with van der Waals surface area (Å²) in [6, 6.07) is 3.00. The van der Waals surface area contributed by atoms with Gasteiger partial charge in [0.25, 0.3) is 0 Å². The van der Waals surface area contributed by atoms with Crippen molar-refractivity contribution in [2.45, 2.75) is 25.2 Å². The van der Waals surface area contributed by atoms with Crippen molar-refractivity contribution in [3.05, 3.63) is 28.5 Å². The maximum Gasteiger partial charge on any atom is 0.303 e. The highest BCUT2D eigenvalue weighted by Gasteiger charge is 2.37. The van der Waals surface area contributed by atoms with Crippen LogP contribution in [-0.4, -0.2) is 18.2 Å². The third-order valence-corrected chi connectivity index (χ3v) is 3.60. The quantitative estimate of drug-likeness (QED) is 0.893. The number of carboxylic acid groups (broad SMARTS) is 1. The second-order valence-corrected chi connectivity index (χ2v) is 4.93. The van der Waals surface area contributed by atoms with Gasteiger partial charge >= 0.3 is 5.97 Å². The Balaban J connectivity index is 2.42. The van der Waals surface area contributed by atoms with Gasteiger partial charge in [-0.3, -0.25) is 4.79 Å². The van der Waals surface area contributed by atoms with Crippen molar-refractivity contribution >= 4 is 17.6 Å². The van der Waals surface area contributed by atoms with E-state index in [9.17, 15) is 9.18 Å². The van der Waals surface area contributed by atoms with Gasteiger partial charge in [0.2, 0.25) is 0 Å². The van der Waals surface area contributed by atoms with Crippen molar-refractivity contribution in [3.8, 4) is 5.75 Å². The van der Waals surface area contributed by atoms with Gasteiger partial charge in [0.15, 0.2) is 11.6 Å². The molecule has 1 N–H and O–H groups in total. The normalized spacial score (nSPS) is 16.4. The first-order chi connectivity index (χ1) is 8.54. The molecule has 0 aromatic heterocycles. The predicted octanol–water partition coefficient (Wildman–Crippen LogP) is 3.46. The second-order valence-electron chi connectivity index (χ2n) is 4.52. The van der Waals surface area contributed by atoms with Crippen LogP contribution in [0.3, 0.4) is 0 Å². The Morgan fingerprint density at radius 2 is 2.28 bits per heavy atom. The molecule has 1 saturated carbocycles. The smallest absolute Gasteiger partial charge is 0.303 e. The number of aliphatic carboxylic acids is 1. The number of methoxy groups -OCH3 is 1. The zero-order valence-corrected chi connectivity index (χ0v) is 10.7. The van der Waals surface area contributed by atoms with Crippen LogP contribution in [0.4, 0.5) is 4.39 Å². The van der Waals surface area contributed by atoms with Crippen LogP contribution < -0.4 is 4.74 Å². The van der Waals surface area contributed by atoms with Gasteiger partial charge in [0, 0.05) is 16.5 Å². The van der Waals surface area contributed by atoms with Crippen LogP contribution in [0.5, 0.6) is 5.75 Å². The monoisotopic (exact) mass is 272 g/mol. The Morgan fingerprint density at radius 1 is 1.61 bits per heavy atom. The van der Waals surface area contributed by atoms with Crippen molar-refractivity contribution in [3.63, 3.8) is 0 Å². The van der Waals surface area contributed by atoms with E-state index in [-0.39, 0.29) is 34.6 Å². The van der Waals surface area contributed by atoms with Crippen LogP contribution in [0.25, 0.3) is 0 Å². The lowest BCUT2D eigenvalue weighted by atomic mass is 9.90. The van der Waals surface area contributed by atoms with Crippen LogP contribution in [0.15, 0.2) is 12.1 Å². The van der Waals surface area contributed by atoms with E-state index >= 15 is 0 Å². The number of hydrogen-bond donors (Lipinski definition) is 1. The molecule has 0 heterocycles. The van der Waals surface area contributed by atoms with Crippen LogP contribution >= 0.6 is 11.6 Å². The minimum atomic E-state index is -0.940. The van der Waals surface area contributed by atoms with Crippen LogP contribution in [0, 0.1) is 11.7 Å². The number of ether oxygens (including phenoxy) is 1. The van der Waals surface area contributed by atoms with Crippen molar-refractivity contribution < 1.29 is 19.0 Å². The van der Waals surface area contributed by atoms with Gasteiger partial charge < -0.3 is 9.84 Å². The maximum atomic E-state index is 14.2. The van der Waals surface area contributed by atoms with E-state index in [0.717, 1.165) is 12.8 Å². The fraction of sp³-hybridized carbons (Fsp3) is 0.462. The summed E-state index contributed by atoms with van der Waals surface area (Å²) in [6.45, 7) is 0. The van der Waals surface area contributed by atoms with E-state index in [4.69, 9.17) is 21.4 Å². The molecule has 0 saturated heterocycles. The molecule has 1 atom stereocenters. The number of halogens is 2. The lowest BCUT2D eigenvalue weighted by molar-refractivity contribution is -0.137. The lowest BCUT2D eigenvalue weighted by Crippen LogP contribution is -2.11. The van der Waals surface area contributed by atoms with E-state index in [1.807, 2.05) is 0 Å². The minimum absolute atomic E-state index is 0.102. The molecule has 2 rings (SSSR count). The first kappa shape index (κ1) is 13.1. The van der Waals surface area contributed by atoms with Gasteiger partial charge in [0.05, 0.1) is 13.5 Å². The van der Waals surface area contributed by atoms with Crippen molar-refractivity contribution in [2.75, 3.05) is 7.11 Å². The molecule has 0 bridgehead atoms. The van der Waals surface area contributed by atoms with E-state index in [1.165, 1.54) is 13.2 Å². The molecule has 0 spiro atoms. The Bertz CT molecular complexity index is 472. The Kier molecular flexibility index (Phi) is 3.76. The van der Waals surface area contributed by atoms with Gasteiger partial charge in [-0.2, -0.15) is 0 Å². The molecular formula is C13H14ClFO3. The number of rotatable bonds is 5. The summed E-state index contributed by atoms with van der Waals surface area (Å²) in [6.07, 6.45) is 1.74. The summed E-state index contributed by atoms with van der Waals surface area (Å²) < 4.78 is 19.1. The maximum absolute atomic E-state index is 14.2. The topological polar surface area (TPSA) is 46.5 Å². The standard InChI is InChI=1S/C13H14ClFO3/c1-18-10-5-4-9(14)12(13(10)15)8(6-11(16)17)7-2-3-7/h4-5,7-8H,2-3,6H2,1H3,(H,16,17). The van der Waals surface area contributed by atoms with E-state index < -0.39 is 11.8 Å². The highest BCUT2D eigenvalue weighted by molar-refractivity contribution is 6.31. The summed E-state index contributed by atoms with van der Waals surface area (Å²) in [5.74, 6) is -1.54. The molecule has 1 aliphatic carbocycles. The molecule has 1 aliphatic rings. The molecule has 1 fully saturated rings. The van der Waals surface area contributed by atoms with Crippen molar-refractivity contribution in [1.82, 2.24) is 0 Å². The van der Waals surface area contributed by atoms with Crippen LogP contribution in [-0.2, 0) is 4.79 Å². The van der Waals surface area contributed by atoms with Gasteiger partial charge in [-0.25, -0.2) is 4.39 Å². The summed E-state index contributed by atoms with van der Waals surface area (Å²) in [7, 11) is 1.37. The van der Waals surface area contributed by atoms with Crippen molar-refractivity contribution in [1.29, 1.82) is 0 Å². The molecule has 0 aliphatic heterocycles. The van der Waals surface area contributed by atoms with Gasteiger partial charge in [0.1, 0.15) is 0 Å². The average Bonchev–Trinajstić information content (AvgIpc) is 3.11. The molecule has 98 valence electrons. The zero-order chi connectivity index (χ0) is 13.3. The Labute approximate surface area is 110 Å².